The predicted octanol–water partition coefficient (Wildman–Crippen LogP) is 3.23. The Kier molecular flexibility index (Phi) is 5.38. The van der Waals surface area contributed by atoms with Crippen LogP contribution in [0.25, 0.3) is 11.8 Å². The van der Waals surface area contributed by atoms with Crippen molar-refractivity contribution in [2.75, 3.05) is 26.7 Å². The standard InChI is InChI=1S/C22H27N5O2/c1-4-5-9-25-10-6-11-27-21(28)18(24-22(25)27)12-17-7-8-19(20(13-17)29-3)26-14-16(2)23-15-26/h7-8,12-15H,4-6,9-11H2,1-3H3/b18-12-. The summed E-state index contributed by atoms with van der Waals surface area (Å²) in [6.07, 6.45) is 8.77. The molecule has 0 radical (unpaired) electrons. The Balaban J connectivity index is 1.63. The van der Waals surface area contributed by atoms with Gasteiger partial charge in [-0.1, -0.05) is 19.4 Å². The van der Waals surface area contributed by atoms with Crippen LogP contribution >= 0.6 is 0 Å². The number of nitrogens with zero attached hydrogens (tertiary/aromatic N) is 5. The lowest BCUT2D eigenvalue weighted by Crippen LogP contribution is -2.49. The van der Waals surface area contributed by atoms with Gasteiger partial charge in [-0.15, -0.1) is 0 Å². The van der Waals surface area contributed by atoms with Crippen LogP contribution in [0.4, 0.5) is 0 Å². The zero-order chi connectivity index (χ0) is 20.4. The zero-order valence-electron chi connectivity index (χ0n) is 17.3. The van der Waals surface area contributed by atoms with Gasteiger partial charge in [0, 0.05) is 25.8 Å². The van der Waals surface area contributed by atoms with Gasteiger partial charge >= 0.3 is 0 Å². The number of hydrogen-bond donors (Lipinski definition) is 0. The lowest BCUT2D eigenvalue weighted by molar-refractivity contribution is -0.123. The van der Waals surface area contributed by atoms with Crippen LogP contribution in [0.5, 0.6) is 5.75 Å². The average Bonchev–Trinajstić information content (AvgIpc) is 3.30. The molecule has 0 unspecified atom stereocenters. The van der Waals surface area contributed by atoms with Gasteiger partial charge < -0.3 is 14.2 Å². The summed E-state index contributed by atoms with van der Waals surface area (Å²) in [4.78, 5) is 25.9. The maximum Gasteiger partial charge on any atom is 0.279 e. The summed E-state index contributed by atoms with van der Waals surface area (Å²) in [5.41, 5.74) is 3.21. The number of benzene rings is 1. The largest absolute Gasteiger partial charge is 0.495 e. The summed E-state index contributed by atoms with van der Waals surface area (Å²) in [6, 6.07) is 5.87. The van der Waals surface area contributed by atoms with Gasteiger partial charge in [-0.05, 0) is 43.5 Å². The third-order valence-electron chi connectivity index (χ3n) is 5.30. The molecule has 2 aromatic rings. The van der Waals surface area contributed by atoms with Gasteiger partial charge in [0.1, 0.15) is 11.4 Å². The van der Waals surface area contributed by atoms with Crippen molar-refractivity contribution in [2.45, 2.75) is 33.1 Å². The topological polar surface area (TPSA) is 63.0 Å². The van der Waals surface area contributed by atoms with E-state index in [2.05, 4.69) is 21.8 Å². The van der Waals surface area contributed by atoms with Crippen LogP contribution in [0, 0.1) is 6.92 Å². The number of carbonyl (C=O) groups excluding carboxylic acids is 1. The quantitative estimate of drug-likeness (QED) is 0.707. The summed E-state index contributed by atoms with van der Waals surface area (Å²) in [7, 11) is 1.65. The van der Waals surface area contributed by atoms with Crippen molar-refractivity contribution in [3.63, 3.8) is 0 Å². The van der Waals surface area contributed by atoms with Crippen LogP contribution in [0.15, 0.2) is 41.4 Å². The summed E-state index contributed by atoms with van der Waals surface area (Å²) in [5.74, 6) is 1.50. The highest BCUT2D eigenvalue weighted by Crippen LogP contribution is 2.28. The van der Waals surface area contributed by atoms with Crippen molar-refractivity contribution >= 4 is 17.9 Å². The Labute approximate surface area is 171 Å². The minimum Gasteiger partial charge on any atom is -0.495 e. The molecule has 1 amide bonds. The molecule has 152 valence electrons. The van der Waals surface area contributed by atoms with Gasteiger partial charge in [0.2, 0.25) is 5.96 Å². The second-order valence-corrected chi connectivity index (χ2v) is 7.45. The molecule has 1 fully saturated rings. The summed E-state index contributed by atoms with van der Waals surface area (Å²) < 4.78 is 7.51. The third-order valence-corrected chi connectivity index (χ3v) is 5.30. The second-order valence-electron chi connectivity index (χ2n) is 7.45. The van der Waals surface area contributed by atoms with E-state index in [1.54, 1.807) is 13.4 Å². The minimum absolute atomic E-state index is 0.0190. The smallest absolute Gasteiger partial charge is 0.279 e. The van der Waals surface area contributed by atoms with E-state index >= 15 is 0 Å². The van der Waals surface area contributed by atoms with Crippen LogP contribution in [-0.4, -0.2) is 58.0 Å². The van der Waals surface area contributed by atoms with Gasteiger partial charge in [0.15, 0.2) is 0 Å². The van der Waals surface area contributed by atoms with Crippen LogP contribution < -0.4 is 4.74 Å². The molecule has 2 aliphatic heterocycles. The number of methoxy groups -OCH3 is 1. The number of aromatic nitrogens is 2. The Morgan fingerprint density at radius 1 is 1.28 bits per heavy atom. The number of ether oxygens (including phenoxy) is 1. The summed E-state index contributed by atoms with van der Waals surface area (Å²) >= 11 is 0. The van der Waals surface area contributed by atoms with E-state index in [9.17, 15) is 4.79 Å². The molecule has 0 spiro atoms. The number of carbonyl (C=O) groups is 1. The Bertz CT molecular complexity index is 975. The first-order valence-corrected chi connectivity index (χ1v) is 10.2. The van der Waals surface area contributed by atoms with Crippen LogP contribution in [-0.2, 0) is 4.79 Å². The molecule has 0 aliphatic carbocycles. The maximum absolute atomic E-state index is 12.9. The lowest BCUT2D eigenvalue weighted by atomic mass is 10.1. The molecule has 1 aromatic heterocycles. The number of unbranched alkanes of at least 4 members (excludes halogenated alkanes) is 1. The van der Waals surface area contributed by atoms with Crippen molar-refractivity contribution in [2.24, 2.45) is 4.99 Å². The van der Waals surface area contributed by atoms with Crippen molar-refractivity contribution in [3.8, 4) is 11.4 Å². The number of amides is 1. The van der Waals surface area contributed by atoms with Crippen LogP contribution in [0.1, 0.15) is 37.4 Å². The molecular weight excluding hydrogens is 366 g/mol. The third kappa shape index (κ3) is 3.77. The fourth-order valence-corrected chi connectivity index (χ4v) is 3.77. The number of aryl methyl sites for hydroxylation is 1. The van der Waals surface area contributed by atoms with Crippen molar-refractivity contribution in [1.29, 1.82) is 0 Å². The molecule has 1 aromatic carbocycles. The maximum atomic E-state index is 12.9. The van der Waals surface area contributed by atoms with E-state index in [-0.39, 0.29) is 5.91 Å². The van der Waals surface area contributed by atoms with Gasteiger partial charge in [0.05, 0.1) is 24.8 Å². The van der Waals surface area contributed by atoms with Crippen molar-refractivity contribution in [1.82, 2.24) is 19.4 Å². The first kappa shape index (κ1) is 19.2. The number of aliphatic imine (C=N–C) groups is 1. The molecule has 3 heterocycles. The normalized spacial score (nSPS) is 17.7. The predicted molar refractivity (Wildman–Crippen MR) is 113 cm³/mol. The number of imidazole rings is 1. The molecular formula is C22H27N5O2. The molecule has 0 saturated carbocycles. The zero-order valence-corrected chi connectivity index (χ0v) is 17.3. The molecule has 0 N–H and O–H groups in total. The average molecular weight is 393 g/mol. The fourth-order valence-electron chi connectivity index (χ4n) is 3.77. The molecule has 1 saturated heterocycles. The number of guanidine groups is 1. The SMILES string of the molecule is CCCCN1CCCN2C(=O)/C(=C/c3ccc(-n4cnc(C)c4)c(OC)c3)N=C12. The van der Waals surface area contributed by atoms with Crippen LogP contribution in [0.2, 0.25) is 0 Å². The van der Waals surface area contributed by atoms with Crippen molar-refractivity contribution < 1.29 is 9.53 Å². The van der Waals surface area contributed by atoms with E-state index in [4.69, 9.17) is 4.74 Å². The molecule has 0 atom stereocenters. The summed E-state index contributed by atoms with van der Waals surface area (Å²) in [5, 5.41) is 0. The number of fused-ring (bicyclic) bond motifs is 1. The van der Waals surface area contributed by atoms with E-state index in [1.165, 1.54) is 0 Å². The highest BCUT2D eigenvalue weighted by molar-refractivity contribution is 6.13. The molecule has 2 aliphatic rings. The number of hydrogen-bond acceptors (Lipinski definition) is 5. The first-order chi connectivity index (χ1) is 14.1. The van der Waals surface area contributed by atoms with E-state index in [0.29, 0.717) is 5.70 Å². The second kappa shape index (κ2) is 8.11. The number of rotatable bonds is 6. The molecule has 4 rings (SSSR count). The van der Waals surface area contributed by atoms with Gasteiger partial charge in [0.25, 0.3) is 5.91 Å². The first-order valence-electron chi connectivity index (χ1n) is 10.2. The van der Waals surface area contributed by atoms with E-state index in [0.717, 1.165) is 67.6 Å². The highest BCUT2D eigenvalue weighted by Gasteiger charge is 2.35. The Morgan fingerprint density at radius 2 is 2.14 bits per heavy atom. The molecule has 7 nitrogen and oxygen atoms in total. The Morgan fingerprint density at radius 3 is 2.86 bits per heavy atom. The van der Waals surface area contributed by atoms with Crippen LogP contribution in [0.3, 0.4) is 0 Å². The Hall–Kier alpha value is -3.09. The lowest BCUT2D eigenvalue weighted by Gasteiger charge is -2.34. The molecule has 29 heavy (non-hydrogen) atoms. The van der Waals surface area contributed by atoms with Gasteiger partial charge in [-0.25, -0.2) is 9.98 Å². The van der Waals surface area contributed by atoms with E-state index in [1.807, 2.05) is 46.9 Å². The monoisotopic (exact) mass is 393 g/mol. The van der Waals surface area contributed by atoms with E-state index < -0.39 is 0 Å². The minimum atomic E-state index is -0.0190. The molecule has 0 bridgehead atoms. The van der Waals surface area contributed by atoms with Gasteiger partial charge in [-0.2, -0.15) is 0 Å². The fraction of sp³-hybridized carbons (Fsp3) is 0.409. The molecule has 7 heteroatoms. The highest BCUT2D eigenvalue weighted by atomic mass is 16.5. The van der Waals surface area contributed by atoms with Crippen molar-refractivity contribution in [3.05, 3.63) is 47.7 Å². The van der Waals surface area contributed by atoms with Gasteiger partial charge in [-0.3, -0.25) is 9.69 Å². The summed E-state index contributed by atoms with van der Waals surface area (Å²) in [6.45, 7) is 6.77.